The van der Waals surface area contributed by atoms with Gasteiger partial charge in [0.15, 0.2) is 0 Å². The fraction of sp³-hybridized carbons (Fsp3) is 0.357. The zero-order valence-corrected chi connectivity index (χ0v) is 21.6. The Bertz CT molecular complexity index is 1350. The van der Waals surface area contributed by atoms with E-state index in [1.165, 1.54) is 16.9 Å². The van der Waals surface area contributed by atoms with Crippen molar-refractivity contribution < 1.29 is 28.7 Å². The molecule has 2 fully saturated rings. The molecule has 0 N–H and O–H groups in total. The average Bonchev–Trinajstić information content (AvgIpc) is 3.36. The Morgan fingerprint density at radius 3 is 2.46 bits per heavy atom. The minimum absolute atomic E-state index is 0.00141. The van der Waals surface area contributed by atoms with Crippen LogP contribution in [0.2, 0.25) is 5.02 Å². The van der Waals surface area contributed by atoms with Crippen molar-refractivity contribution in [2.24, 2.45) is 17.8 Å². The summed E-state index contributed by atoms with van der Waals surface area (Å²) in [5.41, 5.74) is 2.77. The summed E-state index contributed by atoms with van der Waals surface area (Å²) in [6.07, 6.45) is 3.20. The standard InChI is InChI=1S/C28H27ClN2O6/c1-15-4-7-20-21(10-15)27(34)31(26(20)33)22-8-6-19(11-16(22)2)37-28(35)17-12-25(32)30(14-17)23-13-18(29)5-9-24(23)36-3/h4-6,8-9,11,13,17,20-21H,7,10,12,14H2,1-3H3/t17-,20-,21+/m1/s1. The van der Waals surface area contributed by atoms with Gasteiger partial charge in [-0.3, -0.25) is 19.2 Å². The van der Waals surface area contributed by atoms with E-state index in [1.807, 2.05) is 13.0 Å². The van der Waals surface area contributed by atoms with Crippen molar-refractivity contribution >= 4 is 46.7 Å². The lowest BCUT2D eigenvalue weighted by molar-refractivity contribution is -0.139. The lowest BCUT2D eigenvalue weighted by Gasteiger charge is -2.20. The topological polar surface area (TPSA) is 93.2 Å². The van der Waals surface area contributed by atoms with Crippen molar-refractivity contribution in [3.05, 3.63) is 58.6 Å². The molecule has 2 heterocycles. The normalized spacial score (nSPS) is 23.3. The molecule has 37 heavy (non-hydrogen) atoms. The Kier molecular flexibility index (Phi) is 6.54. The molecule has 192 valence electrons. The van der Waals surface area contributed by atoms with Crippen LogP contribution in [0.25, 0.3) is 0 Å². The number of esters is 1. The van der Waals surface area contributed by atoms with Crippen LogP contribution < -0.4 is 19.3 Å². The van der Waals surface area contributed by atoms with Gasteiger partial charge in [-0.05, 0) is 68.7 Å². The van der Waals surface area contributed by atoms with Crippen LogP contribution in [-0.2, 0) is 19.2 Å². The van der Waals surface area contributed by atoms with E-state index in [-0.39, 0.29) is 48.3 Å². The number of methoxy groups -OCH3 is 1. The number of allylic oxidation sites excluding steroid dienone is 2. The number of anilines is 2. The largest absolute Gasteiger partial charge is 0.495 e. The van der Waals surface area contributed by atoms with Gasteiger partial charge in [-0.25, -0.2) is 4.90 Å². The first kappa shape index (κ1) is 25.0. The molecule has 8 nitrogen and oxygen atoms in total. The molecule has 0 spiro atoms. The van der Waals surface area contributed by atoms with Gasteiger partial charge in [-0.1, -0.05) is 23.3 Å². The van der Waals surface area contributed by atoms with E-state index in [0.29, 0.717) is 40.6 Å². The van der Waals surface area contributed by atoms with E-state index >= 15 is 0 Å². The number of fused-ring (bicyclic) bond motifs is 1. The Hall–Kier alpha value is -3.65. The summed E-state index contributed by atoms with van der Waals surface area (Å²) in [6, 6.07) is 9.80. The van der Waals surface area contributed by atoms with Crippen molar-refractivity contribution in [1.29, 1.82) is 0 Å². The minimum Gasteiger partial charge on any atom is -0.495 e. The van der Waals surface area contributed by atoms with Crippen LogP contribution in [-0.4, -0.2) is 37.3 Å². The number of carbonyl (C=O) groups is 4. The molecule has 5 rings (SSSR count). The van der Waals surface area contributed by atoms with Gasteiger partial charge < -0.3 is 14.4 Å². The molecule has 3 amide bonds. The molecule has 3 atom stereocenters. The number of halogens is 1. The van der Waals surface area contributed by atoms with Gasteiger partial charge >= 0.3 is 5.97 Å². The fourth-order valence-electron chi connectivity index (χ4n) is 5.39. The maximum absolute atomic E-state index is 13.1. The first-order chi connectivity index (χ1) is 17.7. The highest BCUT2D eigenvalue weighted by atomic mass is 35.5. The van der Waals surface area contributed by atoms with Crippen molar-refractivity contribution in [1.82, 2.24) is 0 Å². The predicted molar refractivity (Wildman–Crippen MR) is 138 cm³/mol. The van der Waals surface area contributed by atoms with E-state index in [2.05, 4.69) is 0 Å². The van der Waals surface area contributed by atoms with E-state index in [4.69, 9.17) is 21.1 Å². The Morgan fingerprint density at radius 1 is 0.973 bits per heavy atom. The smallest absolute Gasteiger partial charge is 0.316 e. The number of aryl methyl sites for hydroxylation is 1. The summed E-state index contributed by atoms with van der Waals surface area (Å²) in [4.78, 5) is 54.5. The molecule has 9 heteroatoms. The predicted octanol–water partition coefficient (Wildman–Crippen LogP) is 4.46. The molecule has 2 aromatic rings. The van der Waals surface area contributed by atoms with E-state index in [0.717, 1.165) is 5.57 Å². The van der Waals surface area contributed by atoms with Gasteiger partial charge in [0.1, 0.15) is 11.5 Å². The van der Waals surface area contributed by atoms with Gasteiger partial charge in [0.05, 0.1) is 36.2 Å². The molecular weight excluding hydrogens is 496 g/mol. The maximum Gasteiger partial charge on any atom is 0.316 e. The van der Waals surface area contributed by atoms with E-state index < -0.39 is 11.9 Å². The molecular formula is C28H27ClN2O6. The number of carbonyl (C=O) groups excluding carboxylic acids is 4. The summed E-state index contributed by atoms with van der Waals surface area (Å²) in [5.74, 6) is -1.69. The highest BCUT2D eigenvalue weighted by Gasteiger charge is 2.49. The summed E-state index contributed by atoms with van der Waals surface area (Å²) >= 11 is 6.11. The summed E-state index contributed by atoms with van der Waals surface area (Å²) in [5, 5.41) is 0.450. The van der Waals surface area contributed by atoms with Crippen molar-refractivity contribution in [3.63, 3.8) is 0 Å². The van der Waals surface area contributed by atoms with E-state index in [1.54, 1.807) is 43.3 Å². The lowest BCUT2D eigenvalue weighted by Crippen LogP contribution is -2.31. The second kappa shape index (κ2) is 9.67. The van der Waals surface area contributed by atoms with Crippen molar-refractivity contribution in [2.45, 2.75) is 33.1 Å². The van der Waals surface area contributed by atoms with Crippen LogP contribution in [0.5, 0.6) is 11.5 Å². The molecule has 0 aromatic heterocycles. The molecule has 0 bridgehead atoms. The van der Waals surface area contributed by atoms with Crippen LogP contribution in [0, 0.1) is 24.7 Å². The SMILES string of the molecule is COc1ccc(Cl)cc1N1C[C@H](C(=O)Oc2ccc(N3C(=O)[C@H]4CC(C)=CC[C@H]4C3=O)c(C)c2)CC1=O. The average molecular weight is 523 g/mol. The van der Waals surface area contributed by atoms with Gasteiger partial charge in [-0.15, -0.1) is 0 Å². The number of amides is 3. The number of hydrogen-bond acceptors (Lipinski definition) is 6. The minimum atomic E-state index is -0.670. The summed E-state index contributed by atoms with van der Waals surface area (Å²) in [6.45, 7) is 3.89. The molecule has 0 unspecified atom stereocenters. The second-order valence-electron chi connectivity index (χ2n) is 9.81. The van der Waals surface area contributed by atoms with Gasteiger partial charge in [-0.2, -0.15) is 0 Å². The number of rotatable bonds is 5. The molecule has 0 radical (unpaired) electrons. The molecule has 1 aliphatic carbocycles. The Morgan fingerprint density at radius 2 is 1.73 bits per heavy atom. The van der Waals surface area contributed by atoms with Crippen LogP contribution in [0.15, 0.2) is 48.0 Å². The van der Waals surface area contributed by atoms with Crippen molar-refractivity contribution in [2.75, 3.05) is 23.5 Å². The quantitative estimate of drug-likeness (QED) is 0.249. The first-order valence-corrected chi connectivity index (χ1v) is 12.6. The molecule has 0 saturated carbocycles. The van der Waals surface area contributed by atoms with Crippen LogP contribution >= 0.6 is 11.6 Å². The summed E-state index contributed by atoms with van der Waals surface area (Å²) < 4.78 is 10.9. The monoisotopic (exact) mass is 522 g/mol. The van der Waals surface area contributed by atoms with Gasteiger partial charge in [0.2, 0.25) is 17.7 Å². The third-order valence-electron chi connectivity index (χ3n) is 7.34. The zero-order valence-electron chi connectivity index (χ0n) is 20.8. The third-order valence-corrected chi connectivity index (χ3v) is 7.58. The zero-order chi connectivity index (χ0) is 26.4. The first-order valence-electron chi connectivity index (χ1n) is 12.2. The number of ether oxygens (including phenoxy) is 2. The lowest BCUT2D eigenvalue weighted by atomic mass is 9.82. The Balaban J connectivity index is 1.29. The van der Waals surface area contributed by atoms with Crippen molar-refractivity contribution in [3.8, 4) is 11.5 Å². The van der Waals surface area contributed by atoms with Crippen LogP contribution in [0.1, 0.15) is 31.7 Å². The second-order valence-corrected chi connectivity index (χ2v) is 10.2. The molecule has 3 aliphatic rings. The Labute approximate surface area is 219 Å². The highest BCUT2D eigenvalue weighted by molar-refractivity contribution is 6.31. The van der Waals surface area contributed by atoms with Gasteiger partial charge in [0.25, 0.3) is 0 Å². The molecule has 2 saturated heterocycles. The number of nitrogens with zero attached hydrogens (tertiary/aromatic N) is 2. The highest BCUT2D eigenvalue weighted by Crippen LogP contribution is 2.41. The van der Waals surface area contributed by atoms with Crippen LogP contribution in [0.4, 0.5) is 11.4 Å². The fourth-order valence-corrected chi connectivity index (χ4v) is 5.56. The molecule has 2 aromatic carbocycles. The summed E-state index contributed by atoms with van der Waals surface area (Å²) in [7, 11) is 1.50. The van der Waals surface area contributed by atoms with Crippen LogP contribution in [0.3, 0.4) is 0 Å². The number of hydrogen-bond donors (Lipinski definition) is 0. The number of benzene rings is 2. The van der Waals surface area contributed by atoms with Gasteiger partial charge in [0, 0.05) is 18.0 Å². The van der Waals surface area contributed by atoms with E-state index in [9.17, 15) is 19.2 Å². The maximum atomic E-state index is 13.1. The third kappa shape index (κ3) is 4.50. The molecule has 2 aliphatic heterocycles. The number of imide groups is 1.